The number of nitrogens with zero attached hydrogens (tertiary/aromatic N) is 2. The summed E-state index contributed by atoms with van der Waals surface area (Å²) in [5.41, 5.74) is 4.81. The molecule has 1 aliphatic rings. The van der Waals surface area contributed by atoms with Gasteiger partial charge in [-0.2, -0.15) is 5.10 Å². The van der Waals surface area contributed by atoms with Crippen molar-refractivity contribution in [2.24, 2.45) is 0 Å². The van der Waals surface area contributed by atoms with Crippen molar-refractivity contribution < 1.29 is 4.79 Å². The summed E-state index contributed by atoms with van der Waals surface area (Å²) in [6.07, 6.45) is 0.970. The minimum absolute atomic E-state index is 0.0903. The Morgan fingerprint density at radius 2 is 1.96 bits per heavy atom. The SMILES string of the molecule is Cc1ccc(-c2cc(C(=O)NC3CCN(Cc4ccccc4)C3)[nH]n2)cc1. The number of rotatable bonds is 5. The van der Waals surface area contributed by atoms with Gasteiger partial charge in [0.1, 0.15) is 5.69 Å². The molecule has 1 aliphatic heterocycles. The molecule has 5 heteroatoms. The lowest BCUT2D eigenvalue weighted by Gasteiger charge is -2.16. The summed E-state index contributed by atoms with van der Waals surface area (Å²) in [6.45, 7) is 4.85. The maximum Gasteiger partial charge on any atom is 0.269 e. The van der Waals surface area contributed by atoms with E-state index in [1.54, 1.807) is 0 Å². The number of hydrogen-bond acceptors (Lipinski definition) is 3. The van der Waals surface area contributed by atoms with Gasteiger partial charge < -0.3 is 5.32 Å². The smallest absolute Gasteiger partial charge is 0.269 e. The molecule has 1 fully saturated rings. The van der Waals surface area contributed by atoms with Crippen molar-refractivity contribution in [1.82, 2.24) is 20.4 Å². The molecule has 2 N–H and O–H groups in total. The number of benzene rings is 2. The lowest BCUT2D eigenvalue weighted by atomic mass is 10.1. The number of likely N-dealkylation sites (tertiary alicyclic amines) is 1. The number of carbonyl (C=O) groups excluding carboxylic acids is 1. The number of hydrogen-bond donors (Lipinski definition) is 2. The summed E-state index contributed by atoms with van der Waals surface area (Å²) in [7, 11) is 0. The van der Waals surface area contributed by atoms with Gasteiger partial charge in [0.2, 0.25) is 0 Å². The number of aromatic nitrogens is 2. The monoisotopic (exact) mass is 360 g/mol. The first-order valence-corrected chi connectivity index (χ1v) is 9.37. The molecule has 2 heterocycles. The van der Waals surface area contributed by atoms with E-state index in [0.717, 1.165) is 37.3 Å². The topological polar surface area (TPSA) is 61.0 Å². The first kappa shape index (κ1) is 17.5. The number of amides is 1. The van der Waals surface area contributed by atoms with Gasteiger partial charge >= 0.3 is 0 Å². The summed E-state index contributed by atoms with van der Waals surface area (Å²) in [5, 5.41) is 10.3. The van der Waals surface area contributed by atoms with Gasteiger partial charge in [0.05, 0.1) is 5.69 Å². The molecule has 1 saturated heterocycles. The van der Waals surface area contributed by atoms with Crippen molar-refractivity contribution in [2.75, 3.05) is 13.1 Å². The largest absolute Gasteiger partial charge is 0.347 e. The minimum atomic E-state index is -0.0903. The Bertz CT molecular complexity index is 902. The van der Waals surface area contributed by atoms with Crippen LogP contribution in [0.3, 0.4) is 0 Å². The van der Waals surface area contributed by atoms with Crippen LogP contribution >= 0.6 is 0 Å². The van der Waals surface area contributed by atoms with Crippen molar-refractivity contribution in [3.05, 3.63) is 77.5 Å². The average molecular weight is 360 g/mol. The van der Waals surface area contributed by atoms with Gasteiger partial charge in [-0.15, -0.1) is 0 Å². The Morgan fingerprint density at radius 3 is 2.74 bits per heavy atom. The summed E-state index contributed by atoms with van der Waals surface area (Å²) in [5.74, 6) is -0.0903. The Labute approximate surface area is 159 Å². The van der Waals surface area contributed by atoms with Crippen LogP contribution in [0.15, 0.2) is 60.7 Å². The van der Waals surface area contributed by atoms with Gasteiger partial charge in [0.15, 0.2) is 0 Å². The molecule has 1 aromatic heterocycles. The van der Waals surface area contributed by atoms with E-state index in [0.29, 0.717) is 5.69 Å². The molecule has 4 rings (SSSR count). The van der Waals surface area contributed by atoms with Gasteiger partial charge in [-0.3, -0.25) is 14.8 Å². The van der Waals surface area contributed by atoms with Crippen molar-refractivity contribution in [1.29, 1.82) is 0 Å². The van der Waals surface area contributed by atoms with E-state index in [1.807, 2.05) is 36.4 Å². The van der Waals surface area contributed by atoms with Crippen LogP contribution in [0.5, 0.6) is 0 Å². The molecule has 0 spiro atoms. The third-order valence-corrected chi connectivity index (χ3v) is 5.03. The lowest BCUT2D eigenvalue weighted by molar-refractivity contribution is 0.0932. The highest BCUT2D eigenvalue weighted by Gasteiger charge is 2.24. The van der Waals surface area contributed by atoms with Crippen molar-refractivity contribution in [3.63, 3.8) is 0 Å². The molecular formula is C22H24N4O. The van der Waals surface area contributed by atoms with Crippen molar-refractivity contribution in [2.45, 2.75) is 25.9 Å². The number of H-pyrrole nitrogens is 1. The molecule has 138 valence electrons. The minimum Gasteiger partial charge on any atom is -0.347 e. The fourth-order valence-corrected chi connectivity index (χ4v) is 3.51. The van der Waals surface area contributed by atoms with E-state index < -0.39 is 0 Å². The molecule has 0 aliphatic carbocycles. The zero-order valence-corrected chi connectivity index (χ0v) is 15.5. The highest BCUT2D eigenvalue weighted by atomic mass is 16.2. The Kier molecular flexibility index (Phi) is 5.03. The van der Waals surface area contributed by atoms with E-state index in [9.17, 15) is 4.79 Å². The Morgan fingerprint density at radius 1 is 1.19 bits per heavy atom. The number of nitrogens with one attached hydrogen (secondary N) is 2. The highest BCUT2D eigenvalue weighted by molar-refractivity contribution is 5.93. The fourth-order valence-electron chi connectivity index (χ4n) is 3.51. The molecule has 2 aromatic carbocycles. The van der Waals surface area contributed by atoms with Crippen LogP contribution in [0, 0.1) is 6.92 Å². The second-order valence-corrected chi connectivity index (χ2v) is 7.21. The van der Waals surface area contributed by atoms with Crippen LogP contribution in [-0.2, 0) is 6.54 Å². The number of aryl methyl sites for hydroxylation is 1. The first-order chi connectivity index (χ1) is 13.2. The van der Waals surface area contributed by atoms with Crippen molar-refractivity contribution in [3.8, 4) is 11.3 Å². The second kappa shape index (κ2) is 7.76. The van der Waals surface area contributed by atoms with E-state index in [1.165, 1.54) is 11.1 Å². The summed E-state index contributed by atoms with van der Waals surface area (Å²) >= 11 is 0. The van der Waals surface area contributed by atoms with Crippen LogP contribution in [0.2, 0.25) is 0 Å². The molecule has 1 amide bonds. The quantitative estimate of drug-likeness (QED) is 0.733. The van der Waals surface area contributed by atoms with Gasteiger partial charge in [-0.05, 0) is 25.0 Å². The predicted octanol–water partition coefficient (Wildman–Crippen LogP) is 3.39. The molecule has 3 aromatic rings. The zero-order chi connectivity index (χ0) is 18.6. The van der Waals surface area contributed by atoms with Gasteiger partial charge in [0, 0.05) is 31.2 Å². The zero-order valence-electron chi connectivity index (χ0n) is 15.5. The summed E-state index contributed by atoms with van der Waals surface area (Å²) < 4.78 is 0. The average Bonchev–Trinajstić information content (AvgIpc) is 3.33. The molecule has 1 unspecified atom stereocenters. The first-order valence-electron chi connectivity index (χ1n) is 9.37. The maximum atomic E-state index is 12.6. The predicted molar refractivity (Wildman–Crippen MR) is 106 cm³/mol. The van der Waals surface area contributed by atoms with Gasteiger partial charge in [0.25, 0.3) is 5.91 Å². The van der Waals surface area contributed by atoms with Crippen LogP contribution in [0.4, 0.5) is 0 Å². The number of carbonyl (C=O) groups is 1. The van der Waals surface area contributed by atoms with E-state index in [4.69, 9.17) is 0 Å². The van der Waals surface area contributed by atoms with E-state index >= 15 is 0 Å². The molecule has 0 bridgehead atoms. The third kappa shape index (κ3) is 4.26. The molecule has 27 heavy (non-hydrogen) atoms. The van der Waals surface area contributed by atoms with Gasteiger partial charge in [-0.1, -0.05) is 60.2 Å². The molecule has 1 atom stereocenters. The molecule has 0 saturated carbocycles. The Hall–Kier alpha value is -2.92. The van der Waals surface area contributed by atoms with Crippen LogP contribution < -0.4 is 5.32 Å². The van der Waals surface area contributed by atoms with Crippen LogP contribution in [0.25, 0.3) is 11.3 Å². The fraction of sp³-hybridized carbons (Fsp3) is 0.273. The maximum absolute atomic E-state index is 12.6. The lowest BCUT2D eigenvalue weighted by Crippen LogP contribution is -2.37. The summed E-state index contributed by atoms with van der Waals surface area (Å²) in [4.78, 5) is 14.9. The third-order valence-electron chi connectivity index (χ3n) is 5.03. The van der Waals surface area contributed by atoms with E-state index in [2.05, 4.69) is 51.6 Å². The normalized spacial score (nSPS) is 17.1. The molecule has 5 nitrogen and oxygen atoms in total. The standard InChI is InChI=1S/C22H24N4O/c1-16-7-9-18(10-8-16)20-13-21(25-24-20)22(27)23-19-11-12-26(15-19)14-17-5-3-2-4-6-17/h2-10,13,19H,11-12,14-15H2,1H3,(H,23,27)(H,24,25). The van der Waals surface area contributed by atoms with Crippen LogP contribution in [-0.4, -0.2) is 40.1 Å². The highest BCUT2D eigenvalue weighted by Crippen LogP contribution is 2.19. The molecular weight excluding hydrogens is 336 g/mol. The van der Waals surface area contributed by atoms with Gasteiger partial charge in [-0.25, -0.2) is 0 Å². The van der Waals surface area contributed by atoms with Crippen molar-refractivity contribution >= 4 is 5.91 Å². The second-order valence-electron chi connectivity index (χ2n) is 7.21. The molecule has 0 radical (unpaired) electrons. The van der Waals surface area contributed by atoms with Crippen LogP contribution in [0.1, 0.15) is 28.0 Å². The van der Waals surface area contributed by atoms with E-state index in [-0.39, 0.29) is 11.9 Å². The summed E-state index contributed by atoms with van der Waals surface area (Å²) in [6, 6.07) is 20.6. The Balaban J connectivity index is 1.34. The number of aromatic amines is 1.